The summed E-state index contributed by atoms with van der Waals surface area (Å²) in [5, 5.41) is 5.81. The monoisotopic (exact) mass is 490 g/mol. The molecule has 2 rings (SSSR count). The van der Waals surface area contributed by atoms with Crippen LogP contribution in [0.15, 0.2) is 53.4 Å². The summed E-state index contributed by atoms with van der Waals surface area (Å²) in [6.07, 6.45) is 3.61. The number of hydrogen-bond donors (Lipinski definition) is 2. The third-order valence-electron chi connectivity index (χ3n) is 5.41. The van der Waals surface area contributed by atoms with E-state index in [4.69, 9.17) is 0 Å². The summed E-state index contributed by atoms with van der Waals surface area (Å²) in [6, 6.07) is 12.9. The van der Waals surface area contributed by atoms with Crippen LogP contribution in [-0.4, -0.2) is 44.5 Å². The van der Waals surface area contributed by atoms with Gasteiger partial charge in [0.15, 0.2) is 9.84 Å². The van der Waals surface area contributed by atoms with E-state index in [1.165, 1.54) is 12.1 Å². The van der Waals surface area contributed by atoms with E-state index in [0.717, 1.165) is 23.1 Å². The molecule has 0 aliphatic carbocycles. The summed E-state index contributed by atoms with van der Waals surface area (Å²) in [6.45, 7) is 8.16. The molecule has 0 saturated heterocycles. The van der Waals surface area contributed by atoms with Gasteiger partial charge in [0.1, 0.15) is 6.04 Å². The van der Waals surface area contributed by atoms with E-state index in [1.807, 2.05) is 25.3 Å². The van der Waals surface area contributed by atoms with Crippen molar-refractivity contribution in [3.63, 3.8) is 0 Å². The second-order valence-electron chi connectivity index (χ2n) is 9.21. The Hall–Kier alpha value is -2.32. The van der Waals surface area contributed by atoms with Crippen LogP contribution in [0.1, 0.15) is 61.6 Å². The summed E-state index contributed by atoms with van der Waals surface area (Å²) in [5.74, 6) is 0.156. The first-order valence-electron chi connectivity index (χ1n) is 10.8. The Morgan fingerprint density at radius 1 is 0.970 bits per heavy atom. The van der Waals surface area contributed by atoms with Crippen LogP contribution >= 0.6 is 11.8 Å². The first-order valence-corrected chi connectivity index (χ1v) is 14.1. The first-order chi connectivity index (χ1) is 15.3. The second kappa shape index (κ2) is 11.2. The van der Waals surface area contributed by atoms with Crippen LogP contribution < -0.4 is 10.6 Å². The molecular weight excluding hydrogens is 456 g/mol. The zero-order valence-corrected chi connectivity index (χ0v) is 21.8. The van der Waals surface area contributed by atoms with Gasteiger partial charge in [0.25, 0.3) is 5.91 Å². The highest BCUT2D eigenvalue weighted by atomic mass is 32.2. The topological polar surface area (TPSA) is 92.3 Å². The minimum atomic E-state index is -3.28. The largest absolute Gasteiger partial charge is 0.348 e. The van der Waals surface area contributed by atoms with Gasteiger partial charge in [-0.05, 0) is 66.2 Å². The summed E-state index contributed by atoms with van der Waals surface area (Å²) >= 11 is 1.61. The lowest BCUT2D eigenvalue weighted by molar-refractivity contribution is -0.123. The standard InChI is InChI=1S/C25H34N2O4S2/c1-17(18-9-13-21(14-10-18)33(6,30)31)26-24(29)22(15-16-32-5)27-23(28)19-7-11-20(12-8-19)25(2,3)4/h7-14,17,22H,15-16H2,1-6H3,(H,26,29)(H,27,28)/t17-,22+/m0/s1. The highest BCUT2D eigenvalue weighted by Gasteiger charge is 2.23. The fourth-order valence-corrected chi connectivity index (χ4v) is 4.37. The summed E-state index contributed by atoms with van der Waals surface area (Å²) in [4.78, 5) is 26.0. The molecule has 180 valence electrons. The highest BCUT2D eigenvalue weighted by molar-refractivity contribution is 7.98. The molecule has 0 unspecified atom stereocenters. The van der Waals surface area contributed by atoms with E-state index in [1.54, 1.807) is 36.0 Å². The molecule has 0 bridgehead atoms. The lowest BCUT2D eigenvalue weighted by Crippen LogP contribution is -2.47. The van der Waals surface area contributed by atoms with Gasteiger partial charge in [0.2, 0.25) is 5.91 Å². The molecule has 0 aromatic heterocycles. The third-order valence-corrected chi connectivity index (χ3v) is 7.19. The smallest absolute Gasteiger partial charge is 0.251 e. The van der Waals surface area contributed by atoms with Gasteiger partial charge in [0.05, 0.1) is 10.9 Å². The molecule has 2 N–H and O–H groups in total. The van der Waals surface area contributed by atoms with E-state index in [0.29, 0.717) is 12.0 Å². The molecule has 0 saturated carbocycles. The molecule has 0 fully saturated rings. The average Bonchev–Trinajstić information content (AvgIpc) is 2.75. The number of rotatable bonds is 9. The number of sulfone groups is 1. The first kappa shape index (κ1) is 26.9. The number of nitrogens with one attached hydrogen (secondary N) is 2. The summed E-state index contributed by atoms with van der Waals surface area (Å²) < 4.78 is 23.3. The van der Waals surface area contributed by atoms with E-state index in [2.05, 4.69) is 31.4 Å². The fraction of sp³-hybridized carbons (Fsp3) is 0.440. The zero-order chi connectivity index (χ0) is 24.8. The second-order valence-corrected chi connectivity index (χ2v) is 12.2. The van der Waals surface area contributed by atoms with Gasteiger partial charge in [-0.25, -0.2) is 8.42 Å². The Labute approximate surface area is 201 Å². The SMILES string of the molecule is CSCC[C@@H](NC(=O)c1ccc(C(C)(C)C)cc1)C(=O)N[C@@H](C)c1ccc(S(C)(=O)=O)cc1. The Morgan fingerprint density at radius 2 is 1.55 bits per heavy atom. The van der Waals surface area contributed by atoms with Gasteiger partial charge in [-0.15, -0.1) is 0 Å². The zero-order valence-electron chi connectivity index (χ0n) is 20.1. The minimum Gasteiger partial charge on any atom is -0.348 e. The van der Waals surface area contributed by atoms with Crippen molar-refractivity contribution in [2.24, 2.45) is 0 Å². The molecule has 0 aliphatic rings. The van der Waals surface area contributed by atoms with Gasteiger partial charge in [0, 0.05) is 11.8 Å². The van der Waals surface area contributed by atoms with Crippen molar-refractivity contribution in [2.75, 3.05) is 18.3 Å². The van der Waals surface area contributed by atoms with Crippen LogP contribution in [0.2, 0.25) is 0 Å². The van der Waals surface area contributed by atoms with Crippen molar-refractivity contribution in [2.45, 2.75) is 56.5 Å². The molecule has 0 heterocycles. The summed E-state index contributed by atoms with van der Waals surface area (Å²) in [7, 11) is -3.28. The highest BCUT2D eigenvalue weighted by Crippen LogP contribution is 2.22. The molecule has 2 amide bonds. The quantitative estimate of drug-likeness (QED) is 0.552. The average molecular weight is 491 g/mol. The molecule has 33 heavy (non-hydrogen) atoms. The maximum atomic E-state index is 13.0. The molecule has 2 atom stereocenters. The van der Waals surface area contributed by atoms with Crippen molar-refractivity contribution in [3.05, 3.63) is 65.2 Å². The number of thioether (sulfide) groups is 1. The van der Waals surface area contributed by atoms with Crippen LogP contribution in [0, 0.1) is 0 Å². The number of carbonyl (C=O) groups is 2. The Morgan fingerprint density at radius 3 is 2.03 bits per heavy atom. The fourth-order valence-electron chi connectivity index (χ4n) is 3.27. The van der Waals surface area contributed by atoms with Crippen molar-refractivity contribution < 1.29 is 18.0 Å². The molecule has 0 aliphatic heterocycles. The van der Waals surface area contributed by atoms with Gasteiger partial charge < -0.3 is 10.6 Å². The minimum absolute atomic E-state index is 0.00850. The molecule has 2 aromatic carbocycles. The van der Waals surface area contributed by atoms with E-state index >= 15 is 0 Å². The predicted molar refractivity (Wildman–Crippen MR) is 136 cm³/mol. The van der Waals surface area contributed by atoms with Crippen LogP contribution in [0.3, 0.4) is 0 Å². The Balaban J connectivity index is 2.10. The van der Waals surface area contributed by atoms with Gasteiger partial charge in [-0.2, -0.15) is 11.8 Å². The van der Waals surface area contributed by atoms with Crippen molar-refractivity contribution >= 4 is 33.4 Å². The van der Waals surface area contributed by atoms with Crippen molar-refractivity contribution in [1.29, 1.82) is 0 Å². The predicted octanol–water partition coefficient (Wildman–Crippen LogP) is 4.12. The van der Waals surface area contributed by atoms with Crippen LogP contribution in [0.5, 0.6) is 0 Å². The van der Waals surface area contributed by atoms with Crippen molar-refractivity contribution in [1.82, 2.24) is 10.6 Å². The van der Waals surface area contributed by atoms with Gasteiger partial charge >= 0.3 is 0 Å². The number of hydrogen-bond acceptors (Lipinski definition) is 5. The van der Waals surface area contributed by atoms with Crippen LogP contribution in [0.4, 0.5) is 0 Å². The number of benzene rings is 2. The Kier molecular flexibility index (Phi) is 9.14. The molecule has 6 nitrogen and oxygen atoms in total. The van der Waals surface area contributed by atoms with E-state index < -0.39 is 15.9 Å². The van der Waals surface area contributed by atoms with Gasteiger partial charge in [-0.1, -0.05) is 45.0 Å². The Bertz CT molecular complexity index is 1060. The number of carbonyl (C=O) groups excluding carboxylic acids is 2. The van der Waals surface area contributed by atoms with Crippen LogP contribution in [0.25, 0.3) is 0 Å². The molecule has 0 radical (unpaired) electrons. The maximum Gasteiger partial charge on any atom is 0.251 e. The molecule has 2 aromatic rings. The number of amides is 2. The maximum absolute atomic E-state index is 13.0. The molecule has 0 spiro atoms. The van der Waals surface area contributed by atoms with Gasteiger partial charge in [-0.3, -0.25) is 9.59 Å². The van der Waals surface area contributed by atoms with Crippen molar-refractivity contribution in [3.8, 4) is 0 Å². The molecule has 8 heteroatoms. The molecular formula is C25H34N2O4S2. The normalized spacial score (nSPS) is 13.8. The van der Waals surface area contributed by atoms with Crippen LogP contribution in [-0.2, 0) is 20.0 Å². The van der Waals surface area contributed by atoms with E-state index in [9.17, 15) is 18.0 Å². The lowest BCUT2D eigenvalue weighted by Gasteiger charge is -2.22. The van der Waals surface area contributed by atoms with E-state index in [-0.39, 0.29) is 28.2 Å². The lowest BCUT2D eigenvalue weighted by atomic mass is 9.86. The third kappa shape index (κ3) is 7.89. The summed E-state index contributed by atoms with van der Waals surface area (Å²) in [5.41, 5.74) is 2.41.